The van der Waals surface area contributed by atoms with Crippen molar-refractivity contribution in [2.45, 2.75) is 401 Å². The molecule has 0 aliphatic carbocycles. The first kappa shape index (κ1) is 92.1. The van der Waals surface area contributed by atoms with Gasteiger partial charge in [-0.1, -0.05) is 331 Å². The molecule has 0 spiro atoms. The average Bonchev–Trinajstić information content (AvgIpc) is 1.96. The van der Waals surface area contributed by atoms with E-state index in [2.05, 4.69) is 48.5 Å². The van der Waals surface area contributed by atoms with Crippen LogP contribution in [0.3, 0.4) is 0 Å². The van der Waals surface area contributed by atoms with Crippen molar-refractivity contribution in [2.24, 2.45) is 17.8 Å². The Labute approximate surface area is 575 Å². The normalized spacial score (nSPS) is 14.4. The van der Waals surface area contributed by atoms with Gasteiger partial charge in [0.2, 0.25) is 0 Å². The van der Waals surface area contributed by atoms with Gasteiger partial charge in [0.25, 0.3) is 0 Å². The molecule has 3 unspecified atom stereocenters. The van der Waals surface area contributed by atoms with Gasteiger partial charge in [-0.05, 0) is 43.4 Å². The molecule has 0 fully saturated rings. The molecule has 0 aliphatic heterocycles. The SMILES string of the molecule is CCCCCCCCCCC(=O)OC[C@H](COP(=O)(O)OC[C@H](O)COP(=O)(O)OC[C@@H](COC(=O)CCCCCCCCCCCCCCC(C)C)OC(=O)CCCCCCCCCCCCCCCCCCCCC(C)C)OC(=O)CCCCCCCCC(C)CC. The molecular weight excluding hydrogens is 1230 g/mol. The lowest BCUT2D eigenvalue weighted by atomic mass is 10.00. The molecule has 0 amide bonds. The Morgan fingerprint density at radius 2 is 0.543 bits per heavy atom. The number of phosphoric ester groups is 2. The Bertz CT molecular complexity index is 1840. The fourth-order valence-electron chi connectivity index (χ4n) is 11.4. The number of aliphatic hydroxyl groups excluding tert-OH is 1. The van der Waals surface area contributed by atoms with Gasteiger partial charge in [-0.2, -0.15) is 0 Å². The fourth-order valence-corrected chi connectivity index (χ4v) is 13.0. The number of aliphatic hydroxyl groups is 1. The Hall–Kier alpha value is -1.94. The molecule has 0 aromatic carbocycles. The van der Waals surface area contributed by atoms with Crippen LogP contribution in [0.4, 0.5) is 0 Å². The van der Waals surface area contributed by atoms with Crippen LogP contribution in [0.15, 0.2) is 0 Å². The number of carbonyl (C=O) groups is 4. The third-order valence-electron chi connectivity index (χ3n) is 17.7. The zero-order valence-corrected chi connectivity index (χ0v) is 63.2. The van der Waals surface area contributed by atoms with Gasteiger partial charge in [0.15, 0.2) is 12.2 Å². The number of phosphoric acid groups is 2. The zero-order chi connectivity index (χ0) is 69.4. The van der Waals surface area contributed by atoms with Gasteiger partial charge in [0.05, 0.1) is 26.4 Å². The Kier molecular flexibility index (Phi) is 64.3. The van der Waals surface area contributed by atoms with E-state index in [1.165, 1.54) is 186 Å². The summed E-state index contributed by atoms with van der Waals surface area (Å²) in [4.78, 5) is 72.6. The standard InChI is InChI=1S/C75H146O17P2/c1-8-10-11-12-13-34-42-49-56-72(77)85-63-71(92-75(80)59-52-45-38-37-41-48-55-68(7)9-2)65-90-94(83,84)88-61-69(76)60-87-93(81,82)89-64-70(62-86-73(78)57-50-43-35-30-26-23-22-25-29-33-40-47-54-67(5)6)91-74(79)58-51-44-36-31-27-21-19-17-15-14-16-18-20-24-28-32-39-46-53-66(3)4/h66-71,76H,8-65H2,1-7H3,(H,81,82)(H,83,84)/t68?,69-,70-,71-/m1/s1. The number of ether oxygens (including phenoxy) is 4. The minimum absolute atomic E-state index is 0.103. The smallest absolute Gasteiger partial charge is 0.462 e. The second-order valence-electron chi connectivity index (χ2n) is 28.2. The molecular formula is C75H146O17P2. The van der Waals surface area contributed by atoms with Gasteiger partial charge in [-0.25, -0.2) is 9.13 Å². The summed E-state index contributed by atoms with van der Waals surface area (Å²) in [5, 5.41) is 10.6. The second kappa shape index (κ2) is 65.7. The van der Waals surface area contributed by atoms with Gasteiger partial charge < -0.3 is 33.8 Å². The van der Waals surface area contributed by atoms with Crippen LogP contribution in [0.25, 0.3) is 0 Å². The molecule has 17 nitrogen and oxygen atoms in total. The third-order valence-corrected chi connectivity index (χ3v) is 19.6. The summed E-state index contributed by atoms with van der Waals surface area (Å²) in [5.74, 6) is 0.197. The average molecular weight is 1380 g/mol. The lowest BCUT2D eigenvalue weighted by molar-refractivity contribution is -0.161. The molecule has 6 atom stereocenters. The van der Waals surface area contributed by atoms with Crippen LogP contribution in [0.2, 0.25) is 0 Å². The molecule has 0 saturated carbocycles. The molecule has 3 N–H and O–H groups in total. The summed E-state index contributed by atoms with van der Waals surface area (Å²) >= 11 is 0. The minimum Gasteiger partial charge on any atom is -0.462 e. The van der Waals surface area contributed by atoms with Crippen LogP contribution in [0, 0.1) is 17.8 Å². The van der Waals surface area contributed by atoms with Gasteiger partial charge in [-0.15, -0.1) is 0 Å². The highest BCUT2D eigenvalue weighted by atomic mass is 31.2. The minimum atomic E-state index is -4.96. The van der Waals surface area contributed by atoms with Crippen LogP contribution in [-0.2, 0) is 65.4 Å². The predicted octanol–water partition coefficient (Wildman–Crippen LogP) is 21.8. The lowest BCUT2D eigenvalue weighted by Gasteiger charge is -2.21. The second-order valence-corrected chi connectivity index (χ2v) is 31.1. The van der Waals surface area contributed by atoms with E-state index in [9.17, 15) is 43.2 Å². The number of esters is 4. The molecule has 94 heavy (non-hydrogen) atoms. The van der Waals surface area contributed by atoms with E-state index in [0.717, 1.165) is 114 Å². The highest BCUT2D eigenvalue weighted by Crippen LogP contribution is 2.45. The van der Waals surface area contributed by atoms with Crippen molar-refractivity contribution < 1.29 is 80.2 Å². The summed E-state index contributed by atoms with van der Waals surface area (Å²) in [6, 6.07) is 0. The molecule has 558 valence electrons. The molecule has 0 saturated heterocycles. The van der Waals surface area contributed by atoms with Crippen LogP contribution >= 0.6 is 15.6 Å². The summed E-state index contributed by atoms with van der Waals surface area (Å²) in [7, 11) is -9.90. The topological polar surface area (TPSA) is 237 Å². The van der Waals surface area contributed by atoms with E-state index < -0.39 is 97.5 Å². The van der Waals surface area contributed by atoms with Gasteiger partial charge in [-0.3, -0.25) is 37.3 Å². The van der Waals surface area contributed by atoms with Crippen molar-refractivity contribution in [1.29, 1.82) is 0 Å². The molecule has 0 radical (unpaired) electrons. The number of hydrogen-bond acceptors (Lipinski definition) is 15. The maximum absolute atomic E-state index is 13.1. The maximum atomic E-state index is 13.1. The van der Waals surface area contributed by atoms with E-state index in [1.54, 1.807) is 0 Å². The van der Waals surface area contributed by atoms with E-state index in [-0.39, 0.29) is 25.7 Å². The van der Waals surface area contributed by atoms with Crippen molar-refractivity contribution in [1.82, 2.24) is 0 Å². The van der Waals surface area contributed by atoms with Crippen molar-refractivity contribution >= 4 is 39.5 Å². The zero-order valence-electron chi connectivity index (χ0n) is 61.4. The summed E-state index contributed by atoms with van der Waals surface area (Å²) in [6.45, 7) is 11.9. The monoisotopic (exact) mass is 1380 g/mol. The fraction of sp³-hybridized carbons (Fsp3) is 0.947. The third kappa shape index (κ3) is 67.3. The van der Waals surface area contributed by atoms with Crippen molar-refractivity contribution in [3.63, 3.8) is 0 Å². The van der Waals surface area contributed by atoms with Gasteiger partial charge in [0, 0.05) is 25.7 Å². The first-order valence-corrected chi connectivity index (χ1v) is 41.9. The van der Waals surface area contributed by atoms with E-state index in [1.807, 2.05) is 0 Å². The number of rotatable bonds is 73. The highest BCUT2D eigenvalue weighted by molar-refractivity contribution is 7.47. The number of unbranched alkanes of at least 4 members (excludes halogenated alkanes) is 40. The molecule has 0 aromatic rings. The lowest BCUT2D eigenvalue weighted by Crippen LogP contribution is -2.30. The first-order valence-electron chi connectivity index (χ1n) is 38.9. The summed E-state index contributed by atoms with van der Waals surface area (Å²) < 4.78 is 68.4. The van der Waals surface area contributed by atoms with Crippen molar-refractivity contribution in [3.8, 4) is 0 Å². The number of hydrogen-bond donors (Lipinski definition) is 3. The van der Waals surface area contributed by atoms with Crippen LogP contribution < -0.4 is 0 Å². The number of carbonyl (C=O) groups excluding carboxylic acids is 4. The Balaban J connectivity index is 5.18. The largest absolute Gasteiger partial charge is 0.472 e. The highest BCUT2D eigenvalue weighted by Gasteiger charge is 2.30. The maximum Gasteiger partial charge on any atom is 0.472 e. The molecule has 0 rings (SSSR count). The van der Waals surface area contributed by atoms with E-state index in [4.69, 9.17) is 37.0 Å². The van der Waals surface area contributed by atoms with Gasteiger partial charge >= 0.3 is 39.5 Å². The van der Waals surface area contributed by atoms with Gasteiger partial charge in [0.1, 0.15) is 19.3 Å². The van der Waals surface area contributed by atoms with Crippen LogP contribution in [-0.4, -0.2) is 96.7 Å². The van der Waals surface area contributed by atoms with E-state index in [0.29, 0.717) is 25.7 Å². The Morgan fingerprint density at radius 1 is 0.309 bits per heavy atom. The molecule has 0 bridgehead atoms. The molecule has 19 heteroatoms. The summed E-state index contributed by atoms with van der Waals surface area (Å²) in [5.41, 5.74) is 0. The molecule has 0 heterocycles. The van der Waals surface area contributed by atoms with Crippen molar-refractivity contribution in [2.75, 3.05) is 39.6 Å². The summed E-state index contributed by atoms with van der Waals surface area (Å²) in [6.07, 6.45) is 51.6. The Morgan fingerprint density at radius 3 is 0.809 bits per heavy atom. The molecule has 0 aliphatic rings. The van der Waals surface area contributed by atoms with Crippen molar-refractivity contribution in [3.05, 3.63) is 0 Å². The van der Waals surface area contributed by atoms with Crippen LogP contribution in [0.1, 0.15) is 382 Å². The molecule has 0 aromatic heterocycles. The predicted molar refractivity (Wildman–Crippen MR) is 381 cm³/mol. The van der Waals surface area contributed by atoms with Crippen LogP contribution in [0.5, 0.6) is 0 Å². The first-order chi connectivity index (χ1) is 45.3. The van der Waals surface area contributed by atoms with E-state index >= 15 is 0 Å². The quantitative estimate of drug-likeness (QED) is 0.0222.